The molecule has 0 heterocycles. The van der Waals surface area contributed by atoms with Crippen LogP contribution >= 0.6 is 0 Å². The van der Waals surface area contributed by atoms with Crippen LogP contribution in [0.25, 0.3) is 0 Å². The first-order valence-electron chi connectivity index (χ1n) is 6.52. The van der Waals surface area contributed by atoms with Crippen molar-refractivity contribution in [1.29, 1.82) is 0 Å². The van der Waals surface area contributed by atoms with Gasteiger partial charge < -0.3 is 10.5 Å². The van der Waals surface area contributed by atoms with E-state index in [2.05, 4.69) is 0 Å². The van der Waals surface area contributed by atoms with E-state index in [1.54, 1.807) is 6.07 Å². The second-order valence-electron chi connectivity index (χ2n) is 4.90. The van der Waals surface area contributed by atoms with Crippen LogP contribution in [-0.2, 0) is 6.42 Å². The van der Waals surface area contributed by atoms with E-state index < -0.39 is 12.6 Å². The molecule has 2 N–H and O–H groups in total. The zero-order valence-corrected chi connectivity index (χ0v) is 10.7. The van der Waals surface area contributed by atoms with Gasteiger partial charge in [0, 0.05) is 0 Å². The normalized spacial score (nSPS) is 19.1. The molecule has 1 aromatic rings. The average molecular weight is 273 g/mol. The summed E-state index contributed by atoms with van der Waals surface area (Å²) in [5.41, 5.74) is 8.11. The van der Waals surface area contributed by atoms with E-state index in [-0.39, 0.29) is 6.61 Å². The monoisotopic (exact) mass is 273 g/mol. The Morgan fingerprint density at radius 2 is 2.11 bits per heavy atom. The molecule has 19 heavy (non-hydrogen) atoms. The fourth-order valence-corrected chi connectivity index (χ4v) is 2.51. The number of hydrogen-bond donors (Lipinski definition) is 1. The molecule has 106 valence electrons. The summed E-state index contributed by atoms with van der Waals surface area (Å²) in [6, 6.07) is 5.53. The average Bonchev–Trinajstić information content (AvgIpc) is 2.36. The molecule has 0 amide bonds. The Bertz CT molecular complexity index is 431. The summed E-state index contributed by atoms with van der Waals surface area (Å²) in [5.74, 6) is 0.883. The number of hydrogen-bond acceptors (Lipinski definition) is 2. The van der Waals surface area contributed by atoms with Gasteiger partial charge in [0.2, 0.25) is 0 Å². The first kappa shape index (κ1) is 14.2. The highest BCUT2D eigenvalue weighted by Gasteiger charge is 2.27. The minimum atomic E-state index is -4.17. The van der Waals surface area contributed by atoms with Gasteiger partial charge in [0.05, 0.1) is 13.0 Å². The molecule has 0 aromatic heterocycles. The third kappa shape index (κ3) is 3.86. The van der Waals surface area contributed by atoms with Crippen LogP contribution in [0.2, 0.25) is 0 Å². The Kier molecular flexibility index (Phi) is 4.34. The zero-order valence-electron chi connectivity index (χ0n) is 10.7. The number of benzene rings is 1. The fourth-order valence-electron chi connectivity index (χ4n) is 2.51. The standard InChI is InChI=1S/C14H18F3NO/c15-14(16,17)6-7-19-12-4-5-13-10(8-12)2-1-3-11(13)9-18/h4-5,8,11H,1-3,6-7,9,18H2. The Balaban J connectivity index is 2.01. The molecular formula is C14H18F3NO. The summed E-state index contributed by atoms with van der Waals surface area (Å²) in [7, 11) is 0. The number of halogens is 3. The van der Waals surface area contributed by atoms with Crippen LogP contribution in [0, 0.1) is 0 Å². The minimum absolute atomic E-state index is 0.331. The van der Waals surface area contributed by atoms with Crippen molar-refractivity contribution in [2.75, 3.05) is 13.2 Å². The number of rotatable bonds is 4. The van der Waals surface area contributed by atoms with Gasteiger partial charge in [-0.1, -0.05) is 6.07 Å². The maximum atomic E-state index is 12.0. The van der Waals surface area contributed by atoms with Crippen molar-refractivity contribution in [3.63, 3.8) is 0 Å². The van der Waals surface area contributed by atoms with Gasteiger partial charge in [-0.05, 0) is 55.0 Å². The molecule has 1 aliphatic carbocycles. The molecule has 2 rings (SSSR count). The maximum Gasteiger partial charge on any atom is 0.392 e. The van der Waals surface area contributed by atoms with E-state index in [9.17, 15) is 13.2 Å². The summed E-state index contributed by atoms with van der Waals surface area (Å²) in [6.45, 7) is 0.282. The van der Waals surface area contributed by atoms with Crippen molar-refractivity contribution in [3.05, 3.63) is 29.3 Å². The van der Waals surface area contributed by atoms with Crippen LogP contribution in [0.3, 0.4) is 0 Å². The van der Waals surface area contributed by atoms with Gasteiger partial charge in [-0.2, -0.15) is 13.2 Å². The largest absolute Gasteiger partial charge is 0.493 e. The number of fused-ring (bicyclic) bond motifs is 1. The van der Waals surface area contributed by atoms with Crippen LogP contribution in [0.1, 0.15) is 36.3 Å². The van der Waals surface area contributed by atoms with Crippen LogP contribution in [0.5, 0.6) is 5.75 Å². The third-order valence-electron chi connectivity index (χ3n) is 3.49. The molecule has 0 aliphatic heterocycles. The smallest absolute Gasteiger partial charge is 0.392 e. The Morgan fingerprint density at radius 3 is 2.79 bits per heavy atom. The van der Waals surface area contributed by atoms with Crippen molar-refractivity contribution < 1.29 is 17.9 Å². The zero-order chi connectivity index (χ0) is 13.9. The quantitative estimate of drug-likeness (QED) is 0.912. The van der Waals surface area contributed by atoms with Crippen molar-refractivity contribution in [1.82, 2.24) is 0 Å². The lowest BCUT2D eigenvalue weighted by Gasteiger charge is -2.24. The van der Waals surface area contributed by atoms with Crippen molar-refractivity contribution >= 4 is 0 Å². The first-order chi connectivity index (χ1) is 8.99. The van der Waals surface area contributed by atoms with E-state index >= 15 is 0 Å². The summed E-state index contributed by atoms with van der Waals surface area (Å²) in [6.07, 6.45) is -1.99. The first-order valence-corrected chi connectivity index (χ1v) is 6.52. The van der Waals surface area contributed by atoms with Gasteiger partial charge in [0.25, 0.3) is 0 Å². The van der Waals surface area contributed by atoms with Gasteiger partial charge >= 0.3 is 6.18 Å². The number of alkyl halides is 3. The molecule has 0 saturated carbocycles. The van der Waals surface area contributed by atoms with Crippen molar-refractivity contribution in [3.8, 4) is 5.75 Å². The van der Waals surface area contributed by atoms with Crippen LogP contribution in [0.4, 0.5) is 13.2 Å². The summed E-state index contributed by atoms with van der Waals surface area (Å²) >= 11 is 0. The highest BCUT2D eigenvalue weighted by molar-refractivity contribution is 5.39. The fraction of sp³-hybridized carbons (Fsp3) is 0.571. The SMILES string of the molecule is NCC1CCCc2cc(OCCC(F)(F)F)ccc21. The topological polar surface area (TPSA) is 35.2 Å². The lowest BCUT2D eigenvalue weighted by Crippen LogP contribution is -2.18. The van der Waals surface area contributed by atoms with Gasteiger partial charge in [-0.3, -0.25) is 0 Å². The molecule has 0 saturated heterocycles. The van der Waals surface area contributed by atoms with Crippen LogP contribution in [-0.4, -0.2) is 19.3 Å². The number of nitrogens with two attached hydrogens (primary N) is 1. The molecule has 0 spiro atoms. The summed E-state index contributed by atoms with van der Waals surface area (Å²) in [5, 5.41) is 0. The maximum absolute atomic E-state index is 12.0. The van der Waals surface area contributed by atoms with Gasteiger partial charge in [0.1, 0.15) is 5.75 Å². The van der Waals surface area contributed by atoms with E-state index in [0.717, 1.165) is 24.8 Å². The summed E-state index contributed by atoms with van der Waals surface area (Å²) < 4.78 is 41.3. The van der Waals surface area contributed by atoms with E-state index in [0.29, 0.717) is 18.2 Å². The van der Waals surface area contributed by atoms with Gasteiger partial charge in [-0.15, -0.1) is 0 Å². The number of aryl methyl sites for hydroxylation is 1. The highest BCUT2D eigenvalue weighted by Crippen LogP contribution is 2.33. The predicted octanol–water partition coefficient (Wildman–Crippen LogP) is 3.40. The van der Waals surface area contributed by atoms with Gasteiger partial charge in [0.15, 0.2) is 0 Å². The van der Waals surface area contributed by atoms with Crippen LogP contribution < -0.4 is 10.5 Å². The Morgan fingerprint density at radius 1 is 1.32 bits per heavy atom. The van der Waals surface area contributed by atoms with E-state index in [1.165, 1.54) is 5.56 Å². The lowest BCUT2D eigenvalue weighted by molar-refractivity contribution is -0.139. The van der Waals surface area contributed by atoms with Crippen molar-refractivity contribution in [2.24, 2.45) is 5.73 Å². The minimum Gasteiger partial charge on any atom is -0.493 e. The molecule has 2 nitrogen and oxygen atoms in total. The predicted molar refractivity (Wildman–Crippen MR) is 67.3 cm³/mol. The third-order valence-corrected chi connectivity index (χ3v) is 3.49. The molecule has 1 unspecified atom stereocenters. The van der Waals surface area contributed by atoms with Crippen molar-refractivity contribution in [2.45, 2.75) is 37.8 Å². The summed E-state index contributed by atoms with van der Waals surface area (Å²) in [4.78, 5) is 0. The molecule has 1 aliphatic rings. The molecular weight excluding hydrogens is 255 g/mol. The molecule has 1 aromatic carbocycles. The Labute approximate surface area is 110 Å². The molecule has 0 fully saturated rings. The second kappa shape index (κ2) is 5.82. The van der Waals surface area contributed by atoms with E-state index in [1.807, 2.05) is 12.1 Å². The van der Waals surface area contributed by atoms with E-state index in [4.69, 9.17) is 10.5 Å². The number of ether oxygens (including phenoxy) is 1. The lowest BCUT2D eigenvalue weighted by atomic mass is 9.83. The second-order valence-corrected chi connectivity index (χ2v) is 4.90. The molecule has 1 atom stereocenters. The highest BCUT2D eigenvalue weighted by atomic mass is 19.4. The van der Waals surface area contributed by atoms with Gasteiger partial charge in [-0.25, -0.2) is 0 Å². The molecule has 0 bridgehead atoms. The molecule has 5 heteroatoms. The van der Waals surface area contributed by atoms with Crippen LogP contribution in [0.15, 0.2) is 18.2 Å². The Hall–Kier alpha value is -1.23. The molecule has 0 radical (unpaired) electrons.